The van der Waals surface area contributed by atoms with E-state index in [0.717, 1.165) is 12.0 Å². The van der Waals surface area contributed by atoms with E-state index in [-0.39, 0.29) is 11.1 Å². The summed E-state index contributed by atoms with van der Waals surface area (Å²) in [5, 5.41) is 0.0514. The standard InChI is InChI=1S/C16H16BrClFNO/c1-2-11(20)7-10-5-3-4-6-15(10)21-16-9-14(19)13(18)8-12(16)17/h3-6,8-9,11H,2,7,20H2,1H3. The van der Waals surface area contributed by atoms with Crippen molar-refractivity contribution in [3.05, 3.63) is 57.3 Å². The number of hydrogen-bond donors (Lipinski definition) is 1. The average Bonchev–Trinajstić information content (AvgIpc) is 2.46. The quantitative estimate of drug-likeness (QED) is 0.722. The van der Waals surface area contributed by atoms with Crippen molar-refractivity contribution in [1.82, 2.24) is 0 Å². The summed E-state index contributed by atoms with van der Waals surface area (Å²) >= 11 is 9.06. The van der Waals surface area contributed by atoms with Crippen LogP contribution in [0.1, 0.15) is 18.9 Å². The molecular weight excluding hydrogens is 357 g/mol. The van der Waals surface area contributed by atoms with Gasteiger partial charge in [-0.25, -0.2) is 4.39 Å². The van der Waals surface area contributed by atoms with Crippen molar-refractivity contribution >= 4 is 27.5 Å². The van der Waals surface area contributed by atoms with E-state index in [1.807, 2.05) is 31.2 Å². The van der Waals surface area contributed by atoms with Crippen LogP contribution >= 0.6 is 27.5 Å². The zero-order chi connectivity index (χ0) is 15.4. The Balaban J connectivity index is 2.29. The Labute approximate surface area is 137 Å². The van der Waals surface area contributed by atoms with Crippen LogP contribution in [0.15, 0.2) is 40.9 Å². The summed E-state index contributed by atoms with van der Waals surface area (Å²) in [6.07, 6.45) is 1.59. The van der Waals surface area contributed by atoms with Gasteiger partial charge in [0.2, 0.25) is 0 Å². The first-order valence-electron chi connectivity index (χ1n) is 6.67. The van der Waals surface area contributed by atoms with Crippen molar-refractivity contribution in [2.75, 3.05) is 0 Å². The van der Waals surface area contributed by atoms with E-state index in [1.54, 1.807) is 0 Å². The molecule has 0 aliphatic rings. The summed E-state index contributed by atoms with van der Waals surface area (Å²) in [5.41, 5.74) is 6.99. The largest absolute Gasteiger partial charge is 0.456 e. The number of ether oxygens (including phenoxy) is 1. The minimum absolute atomic E-state index is 0.0514. The molecule has 0 aliphatic carbocycles. The number of nitrogens with two attached hydrogens (primary N) is 1. The van der Waals surface area contributed by atoms with Crippen molar-refractivity contribution in [3.8, 4) is 11.5 Å². The lowest BCUT2D eigenvalue weighted by atomic mass is 10.0. The smallest absolute Gasteiger partial charge is 0.145 e. The Kier molecular flexibility index (Phi) is 5.62. The van der Waals surface area contributed by atoms with E-state index in [2.05, 4.69) is 15.9 Å². The van der Waals surface area contributed by atoms with Crippen molar-refractivity contribution in [3.63, 3.8) is 0 Å². The van der Waals surface area contributed by atoms with Gasteiger partial charge >= 0.3 is 0 Å². The van der Waals surface area contributed by atoms with Gasteiger partial charge in [-0.15, -0.1) is 0 Å². The molecule has 1 unspecified atom stereocenters. The summed E-state index contributed by atoms with van der Waals surface area (Å²) in [6.45, 7) is 2.04. The number of para-hydroxylation sites is 1. The molecule has 0 spiro atoms. The zero-order valence-corrected chi connectivity index (χ0v) is 13.9. The monoisotopic (exact) mass is 371 g/mol. The predicted octanol–water partition coefficient (Wildman–Crippen LogP) is 5.31. The maximum atomic E-state index is 13.6. The second kappa shape index (κ2) is 7.25. The van der Waals surface area contributed by atoms with Crippen molar-refractivity contribution in [2.24, 2.45) is 5.73 Å². The molecular formula is C16H16BrClFNO. The topological polar surface area (TPSA) is 35.2 Å². The third-order valence-electron chi connectivity index (χ3n) is 3.17. The van der Waals surface area contributed by atoms with Gasteiger partial charge in [0.15, 0.2) is 0 Å². The van der Waals surface area contributed by atoms with E-state index in [0.29, 0.717) is 22.4 Å². The van der Waals surface area contributed by atoms with E-state index in [4.69, 9.17) is 22.1 Å². The molecule has 2 rings (SSSR count). The lowest BCUT2D eigenvalue weighted by Gasteiger charge is -2.15. The van der Waals surface area contributed by atoms with Crippen LogP contribution in [0.25, 0.3) is 0 Å². The van der Waals surface area contributed by atoms with Crippen LogP contribution < -0.4 is 10.5 Å². The van der Waals surface area contributed by atoms with Gasteiger partial charge in [0.1, 0.15) is 17.3 Å². The Hall–Kier alpha value is -1.10. The van der Waals surface area contributed by atoms with Crippen LogP contribution in [-0.4, -0.2) is 6.04 Å². The molecule has 0 aliphatic heterocycles. The third-order valence-corrected chi connectivity index (χ3v) is 4.08. The average molecular weight is 373 g/mol. The predicted molar refractivity (Wildman–Crippen MR) is 87.6 cm³/mol. The minimum atomic E-state index is -0.516. The molecule has 0 heterocycles. The molecule has 0 saturated heterocycles. The molecule has 2 nitrogen and oxygen atoms in total. The maximum Gasteiger partial charge on any atom is 0.145 e. The molecule has 5 heteroatoms. The van der Waals surface area contributed by atoms with Gasteiger partial charge in [-0.3, -0.25) is 0 Å². The Bertz CT molecular complexity index is 636. The van der Waals surface area contributed by atoms with Crippen LogP contribution in [-0.2, 0) is 6.42 Å². The molecule has 21 heavy (non-hydrogen) atoms. The number of halogens is 3. The van der Waals surface area contributed by atoms with E-state index in [9.17, 15) is 4.39 Å². The highest BCUT2D eigenvalue weighted by Crippen LogP contribution is 2.35. The van der Waals surface area contributed by atoms with Gasteiger partial charge in [-0.1, -0.05) is 36.7 Å². The molecule has 0 amide bonds. The van der Waals surface area contributed by atoms with Crippen molar-refractivity contribution < 1.29 is 9.13 Å². The third kappa shape index (κ3) is 4.19. The van der Waals surface area contributed by atoms with Gasteiger partial charge in [0.25, 0.3) is 0 Å². The fraction of sp³-hybridized carbons (Fsp3) is 0.250. The van der Waals surface area contributed by atoms with Crippen LogP contribution in [0.4, 0.5) is 4.39 Å². The molecule has 1 atom stereocenters. The molecule has 2 aromatic rings. The first kappa shape index (κ1) is 16.3. The number of benzene rings is 2. The summed E-state index contributed by atoms with van der Waals surface area (Å²) in [6, 6.07) is 10.4. The molecule has 112 valence electrons. The van der Waals surface area contributed by atoms with Crippen LogP contribution in [0.5, 0.6) is 11.5 Å². The molecule has 2 aromatic carbocycles. The maximum absolute atomic E-state index is 13.6. The first-order valence-corrected chi connectivity index (χ1v) is 7.84. The summed E-state index contributed by atoms with van der Waals surface area (Å²) in [7, 11) is 0. The lowest BCUT2D eigenvalue weighted by Crippen LogP contribution is -2.21. The van der Waals surface area contributed by atoms with Gasteiger partial charge in [-0.2, -0.15) is 0 Å². The lowest BCUT2D eigenvalue weighted by molar-refractivity contribution is 0.464. The summed E-state index contributed by atoms with van der Waals surface area (Å²) in [4.78, 5) is 0. The highest BCUT2D eigenvalue weighted by atomic mass is 79.9. The van der Waals surface area contributed by atoms with Gasteiger partial charge in [0.05, 0.1) is 9.50 Å². The summed E-state index contributed by atoms with van der Waals surface area (Å²) < 4.78 is 20.0. The second-order valence-electron chi connectivity index (χ2n) is 4.78. The SMILES string of the molecule is CCC(N)Cc1ccccc1Oc1cc(F)c(Cl)cc1Br. The Morgan fingerprint density at radius 1 is 1.29 bits per heavy atom. The van der Waals surface area contributed by atoms with Gasteiger partial charge < -0.3 is 10.5 Å². The molecule has 2 N–H and O–H groups in total. The summed E-state index contributed by atoms with van der Waals surface area (Å²) in [5.74, 6) is 0.538. The van der Waals surface area contributed by atoms with Crippen LogP contribution in [0.2, 0.25) is 5.02 Å². The van der Waals surface area contributed by atoms with Crippen LogP contribution in [0.3, 0.4) is 0 Å². The van der Waals surface area contributed by atoms with Crippen molar-refractivity contribution in [1.29, 1.82) is 0 Å². The highest BCUT2D eigenvalue weighted by molar-refractivity contribution is 9.10. The Morgan fingerprint density at radius 2 is 2.00 bits per heavy atom. The molecule has 0 bridgehead atoms. The highest BCUT2D eigenvalue weighted by Gasteiger charge is 2.12. The van der Waals surface area contributed by atoms with Crippen LogP contribution in [0, 0.1) is 5.82 Å². The van der Waals surface area contributed by atoms with Gasteiger partial charge in [-0.05, 0) is 46.5 Å². The normalized spacial score (nSPS) is 12.2. The molecule has 0 aromatic heterocycles. The first-order chi connectivity index (χ1) is 10.0. The van der Waals surface area contributed by atoms with Crippen molar-refractivity contribution in [2.45, 2.75) is 25.8 Å². The van der Waals surface area contributed by atoms with E-state index < -0.39 is 5.82 Å². The molecule has 0 radical (unpaired) electrons. The molecule has 0 saturated carbocycles. The second-order valence-corrected chi connectivity index (χ2v) is 6.04. The Morgan fingerprint density at radius 3 is 2.71 bits per heavy atom. The fourth-order valence-corrected chi connectivity index (χ4v) is 2.62. The minimum Gasteiger partial charge on any atom is -0.456 e. The van der Waals surface area contributed by atoms with E-state index in [1.165, 1.54) is 12.1 Å². The molecule has 0 fully saturated rings. The van der Waals surface area contributed by atoms with Gasteiger partial charge in [0, 0.05) is 12.1 Å². The fourth-order valence-electron chi connectivity index (χ4n) is 1.90. The van der Waals surface area contributed by atoms with E-state index >= 15 is 0 Å². The zero-order valence-electron chi connectivity index (χ0n) is 11.6. The number of hydrogen-bond acceptors (Lipinski definition) is 2. The number of rotatable bonds is 5.